The lowest BCUT2D eigenvalue weighted by molar-refractivity contribution is -0.134. The van der Waals surface area contributed by atoms with Crippen molar-refractivity contribution in [2.45, 2.75) is 6.92 Å². The molecule has 0 bridgehead atoms. The van der Waals surface area contributed by atoms with Crippen molar-refractivity contribution in [1.29, 1.82) is 0 Å². The largest absolute Gasteiger partial charge is 0.466 e. The fourth-order valence-corrected chi connectivity index (χ4v) is 1.53. The first-order chi connectivity index (χ1) is 8.69. The molecule has 0 amide bonds. The molecular weight excluding hydrogens is 228 g/mol. The van der Waals surface area contributed by atoms with Crippen molar-refractivity contribution in [3.8, 4) is 11.3 Å². The lowest BCUT2D eigenvalue weighted by Crippen LogP contribution is -1.92. The molecule has 92 valence electrons. The molecule has 0 saturated heterocycles. The molecule has 1 aromatic heterocycles. The van der Waals surface area contributed by atoms with E-state index in [0.717, 1.165) is 11.3 Å². The van der Waals surface area contributed by atoms with Crippen molar-refractivity contribution in [2.24, 2.45) is 0 Å². The topological polar surface area (TPSA) is 39.4 Å². The van der Waals surface area contributed by atoms with Gasteiger partial charge in [-0.3, -0.25) is 0 Å². The van der Waals surface area contributed by atoms with Gasteiger partial charge in [-0.2, -0.15) is 0 Å². The van der Waals surface area contributed by atoms with Crippen molar-refractivity contribution in [3.05, 3.63) is 53.8 Å². The Balaban J connectivity index is 2.18. The number of benzene rings is 1. The summed E-state index contributed by atoms with van der Waals surface area (Å²) in [5.41, 5.74) is 2.22. The quantitative estimate of drug-likeness (QED) is 0.611. The van der Waals surface area contributed by atoms with Crippen molar-refractivity contribution in [3.63, 3.8) is 0 Å². The van der Waals surface area contributed by atoms with Crippen LogP contribution in [0.4, 0.5) is 0 Å². The Kier molecular flexibility index (Phi) is 3.63. The van der Waals surface area contributed by atoms with Crippen LogP contribution >= 0.6 is 0 Å². The standard InChI is InChI=1S/C15H14O3/c1-11-3-5-12(6-4-11)14-9-7-13(18-14)8-10-15(16)17-2/h3-10H,1-2H3/b10-8+. The highest BCUT2D eigenvalue weighted by molar-refractivity contribution is 5.86. The minimum Gasteiger partial charge on any atom is -0.466 e. The number of ether oxygens (including phenoxy) is 1. The Bertz CT molecular complexity index is 562. The first kappa shape index (κ1) is 12.2. The molecule has 0 aliphatic rings. The van der Waals surface area contributed by atoms with Gasteiger partial charge >= 0.3 is 5.97 Å². The van der Waals surface area contributed by atoms with Gasteiger partial charge in [-0.25, -0.2) is 4.79 Å². The van der Waals surface area contributed by atoms with Gasteiger partial charge in [0.15, 0.2) is 0 Å². The van der Waals surface area contributed by atoms with E-state index in [1.807, 2.05) is 43.3 Å². The highest BCUT2D eigenvalue weighted by Gasteiger charge is 2.03. The van der Waals surface area contributed by atoms with Crippen molar-refractivity contribution >= 4 is 12.0 Å². The molecule has 0 spiro atoms. The van der Waals surface area contributed by atoms with Gasteiger partial charge in [-0.15, -0.1) is 0 Å². The van der Waals surface area contributed by atoms with Crippen LogP contribution in [0.5, 0.6) is 0 Å². The summed E-state index contributed by atoms with van der Waals surface area (Å²) in [6.07, 6.45) is 2.92. The zero-order valence-corrected chi connectivity index (χ0v) is 10.3. The van der Waals surface area contributed by atoms with E-state index in [0.29, 0.717) is 5.76 Å². The molecule has 2 rings (SSSR count). The zero-order chi connectivity index (χ0) is 13.0. The molecule has 0 radical (unpaired) electrons. The monoisotopic (exact) mass is 242 g/mol. The third-order valence-corrected chi connectivity index (χ3v) is 2.55. The molecule has 3 nitrogen and oxygen atoms in total. The number of hydrogen-bond acceptors (Lipinski definition) is 3. The molecule has 0 N–H and O–H groups in total. The second kappa shape index (κ2) is 5.36. The van der Waals surface area contributed by atoms with Gasteiger partial charge in [0, 0.05) is 11.6 Å². The Morgan fingerprint density at radius 1 is 1.17 bits per heavy atom. The predicted octanol–water partition coefficient (Wildman–Crippen LogP) is 3.44. The van der Waals surface area contributed by atoms with Crippen LogP contribution in [0.15, 0.2) is 46.9 Å². The summed E-state index contributed by atoms with van der Waals surface area (Å²) in [6.45, 7) is 2.04. The maximum absolute atomic E-state index is 10.9. The van der Waals surface area contributed by atoms with Crippen molar-refractivity contribution in [1.82, 2.24) is 0 Å². The number of carbonyl (C=O) groups is 1. The van der Waals surface area contributed by atoms with Gasteiger partial charge < -0.3 is 9.15 Å². The number of methoxy groups -OCH3 is 1. The molecule has 0 fully saturated rings. The molecule has 1 aromatic carbocycles. The molecule has 0 atom stereocenters. The number of aryl methyl sites for hydroxylation is 1. The smallest absolute Gasteiger partial charge is 0.330 e. The van der Waals surface area contributed by atoms with E-state index in [-0.39, 0.29) is 0 Å². The Labute approximate surface area is 106 Å². The summed E-state index contributed by atoms with van der Waals surface area (Å²) in [5, 5.41) is 0. The molecule has 0 unspecified atom stereocenters. The molecule has 0 aliphatic carbocycles. The maximum atomic E-state index is 10.9. The normalized spacial score (nSPS) is 10.8. The third-order valence-electron chi connectivity index (χ3n) is 2.55. The number of esters is 1. The van der Waals surface area contributed by atoms with Gasteiger partial charge in [-0.1, -0.05) is 29.8 Å². The van der Waals surface area contributed by atoms with Gasteiger partial charge in [0.25, 0.3) is 0 Å². The summed E-state index contributed by atoms with van der Waals surface area (Å²) in [4.78, 5) is 10.9. The SMILES string of the molecule is COC(=O)/C=C/c1ccc(-c2ccc(C)cc2)o1. The van der Waals surface area contributed by atoms with Crippen LogP contribution in [0.2, 0.25) is 0 Å². The lowest BCUT2D eigenvalue weighted by Gasteiger charge is -1.97. The molecule has 0 saturated carbocycles. The fraction of sp³-hybridized carbons (Fsp3) is 0.133. The molecule has 3 heteroatoms. The van der Waals surface area contributed by atoms with E-state index in [2.05, 4.69) is 4.74 Å². The Hall–Kier alpha value is -2.29. The summed E-state index contributed by atoms with van der Waals surface area (Å²) in [5.74, 6) is 0.999. The van der Waals surface area contributed by atoms with Crippen LogP contribution in [0.3, 0.4) is 0 Å². The maximum Gasteiger partial charge on any atom is 0.330 e. The van der Waals surface area contributed by atoms with Gasteiger partial charge in [0.1, 0.15) is 11.5 Å². The average molecular weight is 242 g/mol. The highest BCUT2D eigenvalue weighted by atomic mass is 16.5. The van der Waals surface area contributed by atoms with E-state index < -0.39 is 5.97 Å². The van der Waals surface area contributed by atoms with Gasteiger partial charge in [0.05, 0.1) is 7.11 Å². The molecule has 2 aromatic rings. The van der Waals surface area contributed by atoms with E-state index in [1.165, 1.54) is 18.7 Å². The second-order valence-corrected chi connectivity index (χ2v) is 3.92. The lowest BCUT2D eigenvalue weighted by atomic mass is 10.1. The predicted molar refractivity (Wildman–Crippen MR) is 69.9 cm³/mol. The first-order valence-electron chi connectivity index (χ1n) is 5.62. The summed E-state index contributed by atoms with van der Waals surface area (Å²) in [6, 6.07) is 11.8. The van der Waals surface area contributed by atoms with Crippen LogP contribution in [0.25, 0.3) is 17.4 Å². The molecule has 18 heavy (non-hydrogen) atoms. The Morgan fingerprint density at radius 2 is 1.89 bits per heavy atom. The van der Waals surface area contributed by atoms with E-state index in [4.69, 9.17) is 4.42 Å². The fourth-order valence-electron chi connectivity index (χ4n) is 1.53. The van der Waals surface area contributed by atoms with Crippen molar-refractivity contribution < 1.29 is 13.9 Å². The number of rotatable bonds is 3. The number of hydrogen-bond donors (Lipinski definition) is 0. The van der Waals surface area contributed by atoms with Crippen LogP contribution in [-0.4, -0.2) is 13.1 Å². The van der Waals surface area contributed by atoms with Gasteiger partial charge in [-0.05, 0) is 25.1 Å². The number of furan rings is 1. The van der Waals surface area contributed by atoms with Gasteiger partial charge in [0.2, 0.25) is 0 Å². The second-order valence-electron chi connectivity index (χ2n) is 3.92. The first-order valence-corrected chi connectivity index (χ1v) is 5.62. The highest BCUT2D eigenvalue weighted by Crippen LogP contribution is 2.23. The summed E-state index contributed by atoms with van der Waals surface area (Å²) < 4.78 is 10.1. The average Bonchev–Trinajstić information content (AvgIpc) is 2.85. The van der Waals surface area contributed by atoms with Crippen LogP contribution in [0.1, 0.15) is 11.3 Å². The van der Waals surface area contributed by atoms with E-state index in [1.54, 1.807) is 6.08 Å². The number of carbonyl (C=O) groups excluding carboxylic acids is 1. The van der Waals surface area contributed by atoms with E-state index in [9.17, 15) is 4.79 Å². The minimum absolute atomic E-state index is 0.400. The zero-order valence-electron chi connectivity index (χ0n) is 10.3. The summed E-state index contributed by atoms with van der Waals surface area (Å²) >= 11 is 0. The van der Waals surface area contributed by atoms with Crippen LogP contribution in [-0.2, 0) is 9.53 Å². The van der Waals surface area contributed by atoms with Crippen molar-refractivity contribution in [2.75, 3.05) is 7.11 Å². The summed E-state index contributed by atoms with van der Waals surface area (Å²) in [7, 11) is 1.34. The van der Waals surface area contributed by atoms with Crippen LogP contribution in [0, 0.1) is 6.92 Å². The third kappa shape index (κ3) is 2.88. The molecule has 0 aliphatic heterocycles. The van der Waals surface area contributed by atoms with Crippen LogP contribution < -0.4 is 0 Å². The molecule has 1 heterocycles. The van der Waals surface area contributed by atoms with E-state index >= 15 is 0 Å². The minimum atomic E-state index is -0.400. The molecular formula is C15H14O3. The Morgan fingerprint density at radius 3 is 2.56 bits per heavy atom.